The highest BCUT2D eigenvalue weighted by atomic mass is 35.5. The number of nitrogens with two attached hydrogens (primary N) is 1. The Morgan fingerprint density at radius 1 is 1.14 bits per heavy atom. The van der Waals surface area contributed by atoms with Crippen molar-refractivity contribution in [2.24, 2.45) is 0 Å². The van der Waals surface area contributed by atoms with Crippen LogP contribution >= 0.6 is 11.6 Å². The Labute approximate surface area is 204 Å². The summed E-state index contributed by atoms with van der Waals surface area (Å²) >= 11 is 6.10. The van der Waals surface area contributed by atoms with Crippen molar-refractivity contribution in [3.05, 3.63) is 93.4 Å². The van der Waals surface area contributed by atoms with Crippen LogP contribution in [0.4, 0.5) is 10.2 Å². The van der Waals surface area contributed by atoms with Crippen LogP contribution in [0.1, 0.15) is 34.9 Å². The minimum Gasteiger partial charge on any atom is -0.454 e. The Balaban J connectivity index is 1.39. The third-order valence-electron chi connectivity index (χ3n) is 5.52. The fourth-order valence-corrected chi connectivity index (χ4v) is 3.66. The van der Waals surface area contributed by atoms with Crippen LogP contribution in [0.5, 0.6) is 11.5 Å². The molecule has 3 heterocycles. The smallest absolute Gasteiger partial charge is 0.218 e. The molecule has 0 spiro atoms. The minimum absolute atomic E-state index is 0.0207. The number of ketones is 1. The fraction of sp³-hybridized carbons (Fsp3) is 0.160. The molecule has 4 aromatic rings. The summed E-state index contributed by atoms with van der Waals surface area (Å²) in [5.41, 5.74) is 6.24. The molecule has 0 unspecified atom stereocenters. The molecule has 0 aliphatic heterocycles. The summed E-state index contributed by atoms with van der Waals surface area (Å²) < 4.78 is 20.7. The third-order valence-corrected chi connectivity index (χ3v) is 5.90. The van der Waals surface area contributed by atoms with Crippen LogP contribution in [0, 0.1) is 5.82 Å². The lowest BCUT2D eigenvalue weighted by Crippen LogP contribution is -2.23. The summed E-state index contributed by atoms with van der Waals surface area (Å²) in [5, 5.41) is 4.61. The van der Waals surface area contributed by atoms with Gasteiger partial charge in [0.25, 0.3) is 0 Å². The number of halogens is 2. The number of hydrogen-bond acceptors (Lipinski definition) is 7. The van der Waals surface area contributed by atoms with Gasteiger partial charge in [0.1, 0.15) is 28.1 Å². The summed E-state index contributed by atoms with van der Waals surface area (Å²) in [5.74, 6) is 0.0642. The summed E-state index contributed by atoms with van der Waals surface area (Å²) in [4.78, 5) is 34.4. The second kappa shape index (κ2) is 9.27. The number of aromatic nitrogens is 4. The molecule has 10 heteroatoms. The molecule has 0 amide bonds. The normalized spacial score (nSPS) is 13.0. The summed E-state index contributed by atoms with van der Waals surface area (Å²) in [6.07, 6.45) is 6.18. The van der Waals surface area contributed by atoms with Crippen LogP contribution in [0.3, 0.4) is 0 Å². The Morgan fingerprint density at radius 3 is 2.60 bits per heavy atom. The molecule has 0 saturated heterocycles. The highest BCUT2D eigenvalue weighted by Crippen LogP contribution is 2.34. The molecule has 1 fully saturated rings. The van der Waals surface area contributed by atoms with E-state index in [0.717, 1.165) is 12.8 Å². The molecular weight excluding hydrogens is 473 g/mol. The van der Waals surface area contributed by atoms with Gasteiger partial charge >= 0.3 is 0 Å². The van der Waals surface area contributed by atoms with E-state index < -0.39 is 11.2 Å². The topological polar surface area (TPSA) is 113 Å². The number of carbonyl (C=O) groups is 1. The quantitative estimate of drug-likeness (QED) is 0.375. The maximum Gasteiger partial charge on any atom is 0.218 e. The number of ether oxygens (including phenoxy) is 1. The van der Waals surface area contributed by atoms with E-state index in [1.54, 1.807) is 22.9 Å². The van der Waals surface area contributed by atoms with Crippen molar-refractivity contribution in [2.75, 3.05) is 5.73 Å². The summed E-state index contributed by atoms with van der Waals surface area (Å²) in [7, 11) is 0. The van der Waals surface area contributed by atoms with Gasteiger partial charge in [-0.2, -0.15) is 5.10 Å². The molecule has 5 rings (SSSR count). The van der Waals surface area contributed by atoms with Crippen molar-refractivity contribution < 1.29 is 13.9 Å². The number of hydrogen-bond donors (Lipinski definition) is 1. The van der Waals surface area contributed by atoms with Gasteiger partial charge in [-0.15, -0.1) is 0 Å². The maximum absolute atomic E-state index is 13.4. The van der Waals surface area contributed by atoms with Crippen LogP contribution in [-0.2, 0) is 6.42 Å². The monoisotopic (exact) mass is 491 g/mol. The molecule has 1 aliphatic rings. The van der Waals surface area contributed by atoms with Crippen molar-refractivity contribution in [1.82, 2.24) is 19.7 Å². The lowest BCUT2D eigenvalue weighted by Gasteiger charge is -2.10. The first-order valence-corrected chi connectivity index (χ1v) is 11.2. The van der Waals surface area contributed by atoms with Gasteiger partial charge < -0.3 is 10.5 Å². The minimum atomic E-state index is -0.497. The van der Waals surface area contributed by atoms with Crippen molar-refractivity contribution >= 4 is 23.2 Å². The number of nitrogen functional groups attached to an aromatic ring is 1. The average molecular weight is 492 g/mol. The van der Waals surface area contributed by atoms with E-state index in [2.05, 4.69) is 15.1 Å². The number of anilines is 1. The van der Waals surface area contributed by atoms with Crippen LogP contribution in [-0.4, -0.2) is 25.5 Å². The predicted octanol–water partition coefficient (Wildman–Crippen LogP) is 4.63. The third kappa shape index (κ3) is 4.90. The van der Waals surface area contributed by atoms with Crippen molar-refractivity contribution in [3.63, 3.8) is 0 Å². The average Bonchev–Trinajstić information content (AvgIpc) is 3.70. The van der Waals surface area contributed by atoms with E-state index in [0.29, 0.717) is 22.8 Å². The molecule has 0 radical (unpaired) electrons. The highest BCUT2D eigenvalue weighted by molar-refractivity contribution is 6.34. The Morgan fingerprint density at radius 2 is 1.91 bits per heavy atom. The van der Waals surface area contributed by atoms with Crippen molar-refractivity contribution in [2.45, 2.75) is 25.3 Å². The van der Waals surface area contributed by atoms with Gasteiger partial charge in [0.15, 0.2) is 11.5 Å². The lowest BCUT2D eigenvalue weighted by molar-refractivity contribution is 0.0989. The number of nitrogens with zero attached hydrogens (tertiary/aromatic N) is 4. The Bertz CT molecular complexity index is 1470. The molecular formula is C25H19ClFN5O3. The first-order valence-electron chi connectivity index (χ1n) is 10.8. The first kappa shape index (κ1) is 22.7. The fourth-order valence-electron chi connectivity index (χ4n) is 3.51. The van der Waals surface area contributed by atoms with Gasteiger partial charge in [-0.05, 0) is 49.2 Å². The van der Waals surface area contributed by atoms with E-state index in [4.69, 9.17) is 22.1 Å². The van der Waals surface area contributed by atoms with Crippen molar-refractivity contribution in [1.29, 1.82) is 0 Å². The molecule has 35 heavy (non-hydrogen) atoms. The Kier molecular flexibility index (Phi) is 6.00. The van der Waals surface area contributed by atoms with Crippen LogP contribution in [0.2, 0.25) is 5.02 Å². The van der Waals surface area contributed by atoms with E-state index in [-0.39, 0.29) is 40.3 Å². The number of benzene rings is 1. The standard InChI is InChI=1S/C25H19ClFN5O3/c26-22-21(9-10-29-25(22)28)35-18-8-5-16(30-12-18)11-20(33)19-13-32(17-6-7-17)31-23(24(19)34)14-1-3-15(27)4-2-14/h1-5,8-10,12-13,17H,6-7,11H2,(H2,28,29). The second-order valence-corrected chi connectivity index (χ2v) is 8.51. The van der Waals surface area contributed by atoms with Gasteiger partial charge in [-0.25, -0.2) is 9.37 Å². The van der Waals surface area contributed by atoms with Gasteiger partial charge in [0.2, 0.25) is 5.43 Å². The van der Waals surface area contributed by atoms with E-state index >= 15 is 0 Å². The lowest BCUT2D eigenvalue weighted by atomic mass is 10.0. The molecule has 176 valence electrons. The predicted molar refractivity (Wildman–Crippen MR) is 128 cm³/mol. The van der Waals surface area contributed by atoms with Crippen LogP contribution in [0.15, 0.2) is 65.8 Å². The summed E-state index contributed by atoms with van der Waals surface area (Å²) in [6, 6.07) is 10.5. The molecule has 1 aliphatic carbocycles. The SMILES string of the molecule is Nc1nccc(Oc2ccc(CC(=O)c3cn(C4CC4)nc(-c4ccc(F)cc4)c3=O)nc2)c1Cl. The van der Waals surface area contributed by atoms with E-state index in [1.807, 2.05) is 0 Å². The van der Waals surface area contributed by atoms with Gasteiger partial charge in [0.05, 0.1) is 24.2 Å². The van der Waals surface area contributed by atoms with Crippen molar-refractivity contribution in [3.8, 4) is 22.8 Å². The number of Topliss-reactive ketones (excluding diaryl/α,β-unsaturated/α-hetero) is 1. The molecule has 2 N–H and O–H groups in total. The first-order chi connectivity index (χ1) is 16.9. The molecule has 0 atom stereocenters. The number of pyridine rings is 2. The maximum atomic E-state index is 13.4. The largest absolute Gasteiger partial charge is 0.454 e. The second-order valence-electron chi connectivity index (χ2n) is 8.13. The molecule has 0 bridgehead atoms. The van der Waals surface area contributed by atoms with Gasteiger partial charge in [-0.3, -0.25) is 19.3 Å². The Hall–Kier alpha value is -4.11. The van der Waals surface area contributed by atoms with Gasteiger partial charge in [0, 0.05) is 29.7 Å². The molecule has 8 nitrogen and oxygen atoms in total. The zero-order chi connectivity index (χ0) is 24.5. The molecule has 3 aromatic heterocycles. The van der Waals surface area contributed by atoms with Crippen LogP contribution < -0.4 is 15.9 Å². The highest BCUT2D eigenvalue weighted by Gasteiger charge is 2.27. The van der Waals surface area contributed by atoms with Crippen LogP contribution in [0.25, 0.3) is 11.3 Å². The zero-order valence-electron chi connectivity index (χ0n) is 18.3. The number of carbonyl (C=O) groups excluding carboxylic acids is 1. The molecule has 1 saturated carbocycles. The van der Waals surface area contributed by atoms with Gasteiger partial charge in [-0.1, -0.05) is 11.6 Å². The summed E-state index contributed by atoms with van der Waals surface area (Å²) in [6.45, 7) is 0. The van der Waals surface area contributed by atoms with E-state index in [1.165, 1.54) is 42.9 Å². The zero-order valence-corrected chi connectivity index (χ0v) is 19.1. The number of rotatable bonds is 7. The molecule has 1 aromatic carbocycles. The van der Waals surface area contributed by atoms with E-state index in [9.17, 15) is 14.0 Å².